The van der Waals surface area contributed by atoms with Crippen molar-refractivity contribution in [3.8, 4) is 33.6 Å². The molecule has 0 saturated carbocycles. The highest BCUT2D eigenvalue weighted by molar-refractivity contribution is 7.88. The first kappa shape index (κ1) is 58.0. The molecular weight excluding hydrogens is 1050 g/mol. The quantitative estimate of drug-likeness (QED) is 0.0838. The van der Waals surface area contributed by atoms with Gasteiger partial charge in [0.15, 0.2) is 0 Å². The summed E-state index contributed by atoms with van der Waals surface area (Å²) in [7, 11) is -4.90. The van der Waals surface area contributed by atoms with Gasteiger partial charge in [0.1, 0.15) is 35.8 Å². The number of aromatic nitrogens is 4. The highest BCUT2D eigenvalue weighted by Crippen LogP contribution is 2.36. The number of fused-ring (bicyclic) bond motifs is 8. The van der Waals surface area contributed by atoms with E-state index in [4.69, 9.17) is 9.47 Å². The van der Waals surface area contributed by atoms with Crippen molar-refractivity contribution in [1.82, 2.24) is 49.0 Å². The van der Waals surface area contributed by atoms with Gasteiger partial charge in [-0.1, -0.05) is 114 Å². The summed E-state index contributed by atoms with van der Waals surface area (Å²) in [6.07, 6.45) is 12.1. The van der Waals surface area contributed by atoms with Gasteiger partial charge in [-0.15, -0.1) is 0 Å². The molecule has 2 fully saturated rings. The molecule has 2 saturated heterocycles. The molecule has 2 aromatic heterocycles. The van der Waals surface area contributed by atoms with E-state index in [9.17, 15) is 36.0 Å². The number of methoxy groups -OCH3 is 2. The number of rotatable bonds is 14. The van der Waals surface area contributed by atoms with Gasteiger partial charge in [-0.25, -0.2) is 36.4 Å². The molecule has 4 heterocycles. The Morgan fingerprint density at radius 3 is 1.58 bits per heavy atom. The van der Waals surface area contributed by atoms with Crippen LogP contribution in [0.25, 0.3) is 39.2 Å². The minimum atomic E-state index is -3.67. The molecule has 79 heavy (non-hydrogen) atoms. The smallest absolute Gasteiger partial charge is 0.407 e. The second kappa shape index (κ2) is 24.1. The molecular formula is C57H72N10O10S2. The van der Waals surface area contributed by atoms with Gasteiger partial charge in [0.2, 0.25) is 31.9 Å². The minimum Gasteiger partial charge on any atom is -0.453 e. The van der Waals surface area contributed by atoms with E-state index in [1.807, 2.05) is 24.3 Å². The molecule has 5 atom stereocenters. The summed E-state index contributed by atoms with van der Waals surface area (Å²) in [6, 6.07) is 19.9. The number of sulfonamides is 2. The lowest BCUT2D eigenvalue weighted by molar-refractivity contribution is -0.136. The van der Waals surface area contributed by atoms with Crippen LogP contribution in [0.5, 0.6) is 0 Å². The number of amides is 4. The van der Waals surface area contributed by atoms with Crippen LogP contribution in [0, 0.1) is 17.8 Å². The molecule has 2 bridgehead atoms. The predicted molar refractivity (Wildman–Crippen MR) is 301 cm³/mol. The van der Waals surface area contributed by atoms with Gasteiger partial charge >= 0.3 is 12.2 Å². The van der Waals surface area contributed by atoms with E-state index in [1.165, 1.54) is 54.9 Å². The molecule has 2 aliphatic carbocycles. The maximum absolute atomic E-state index is 14.0. The lowest BCUT2D eigenvalue weighted by Gasteiger charge is -2.29. The van der Waals surface area contributed by atoms with Crippen molar-refractivity contribution >= 4 is 49.6 Å². The van der Waals surface area contributed by atoms with Crippen LogP contribution in [0.1, 0.15) is 94.8 Å². The molecule has 2 aliphatic heterocycles. The number of alkyl carbamates (subject to hydrolysis) is 2. The number of H-pyrrole nitrogens is 2. The van der Waals surface area contributed by atoms with E-state index in [0.29, 0.717) is 29.0 Å². The van der Waals surface area contributed by atoms with Crippen molar-refractivity contribution in [2.24, 2.45) is 17.8 Å². The summed E-state index contributed by atoms with van der Waals surface area (Å²) < 4.78 is 62.9. The molecule has 4 amide bonds. The van der Waals surface area contributed by atoms with E-state index in [-0.39, 0.29) is 38.3 Å². The molecule has 5 aromatic rings. The normalized spacial score (nSPS) is 20.4. The number of allylic oxidation sites excluding steroid dienone is 4. The summed E-state index contributed by atoms with van der Waals surface area (Å²) in [4.78, 5) is 71.2. The van der Waals surface area contributed by atoms with Gasteiger partial charge < -0.3 is 39.9 Å². The zero-order valence-electron chi connectivity index (χ0n) is 46.4. The molecule has 4 N–H and O–H groups in total. The summed E-state index contributed by atoms with van der Waals surface area (Å²) in [6.45, 7) is 11.2. The topological polar surface area (TPSA) is 249 Å². The maximum atomic E-state index is 14.0. The molecule has 4 aliphatic rings. The van der Waals surface area contributed by atoms with Crippen LogP contribution in [0.15, 0.2) is 96.8 Å². The number of imidazole rings is 2. The van der Waals surface area contributed by atoms with Crippen molar-refractivity contribution in [2.45, 2.75) is 91.4 Å². The number of aromatic amines is 2. The number of carbonyl (C=O) groups excluding carboxylic acids is 4. The largest absolute Gasteiger partial charge is 0.453 e. The summed E-state index contributed by atoms with van der Waals surface area (Å²) in [5.41, 5.74) is 11.3. The molecule has 422 valence electrons. The fourth-order valence-electron chi connectivity index (χ4n) is 10.3. The fraction of sp³-hybridized carbons (Fsp3) is 0.439. The second-order valence-electron chi connectivity index (χ2n) is 21.5. The number of hydrogen-bond donors (Lipinski definition) is 4. The number of aryl methyl sites for hydroxylation is 2. The monoisotopic (exact) mass is 1120 g/mol. The third kappa shape index (κ3) is 13.3. The molecule has 3 aromatic carbocycles. The average Bonchev–Trinajstić information content (AvgIpc) is 4.36. The van der Waals surface area contributed by atoms with Crippen LogP contribution in [-0.4, -0.2) is 144 Å². The van der Waals surface area contributed by atoms with Gasteiger partial charge in [-0.3, -0.25) is 9.59 Å². The number of carbonyl (C=O) groups is 4. The minimum absolute atomic E-state index is 0.00194. The predicted octanol–water partition coefficient (Wildman–Crippen LogP) is 7.64. The second-order valence-corrected chi connectivity index (χ2v) is 25.4. The van der Waals surface area contributed by atoms with E-state index in [2.05, 4.69) is 99.0 Å². The van der Waals surface area contributed by atoms with Gasteiger partial charge in [0.25, 0.3) is 0 Å². The average molecular weight is 1120 g/mol. The molecule has 20 nitrogen and oxygen atoms in total. The molecule has 0 spiro atoms. The van der Waals surface area contributed by atoms with Crippen LogP contribution in [-0.2, 0) is 52.0 Å². The zero-order chi connectivity index (χ0) is 57.1. The standard InChI is InChI=1S/C57H72N10O10S2/c1-34(2)50(62-56(70)76-7)54(68)66-32-64(78(9,72)73)30-48(66)52-58-28-46(60-52)43-23-19-40(20-24-43)37(6)39-15-11-36(5)12-16-41-18-14-38(13-17-39)27-45(41)42-21-25-44(26-22-42)47-29-59-53(61-47)49-31-65(79(10,74)75)33-67(49)55(69)51(35(3)4)63-57(71)77-8/h11,14-15,18-29,34-36,48-51H,12-13,16-17,30-33H2,1-10H3,(H,58,60)(H,59,61)(H,62,70)(H,63,71)/b15-11-,39-37-/t36-,48-,49-,50-,51-/m0/s1. The molecule has 0 unspecified atom stereocenters. The van der Waals surface area contributed by atoms with E-state index >= 15 is 0 Å². The maximum Gasteiger partial charge on any atom is 0.407 e. The Kier molecular flexibility index (Phi) is 17.7. The molecule has 9 rings (SSSR count). The van der Waals surface area contributed by atoms with Gasteiger partial charge in [0, 0.05) is 13.1 Å². The Hall–Kier alpha value is -7.14. The van der Waals surface area contributed by atoms with Crippen LogP contribution in [0.4, 0.5) is 9.59 Å². The van der Waals surface area contributed by atoms with Crippen LogP contribution in [0.2, 0.25) is 0 Å². The van der Waals surface area contributed by atoms with E-state index < -0.39 is 68.2 Å². The van der Waals surface area contributed by atoms with Crippen molar-refractivity contribution in [3.05, 3.63) is 125 Å². The summed E-state index contributed by atoms with van der Waals surface area (Å²) in [5, 5.41) is 5.21. The zero-order valence-corrected chi connectivity index (χ0v) is 48.1. The van der Waals surface area contributed by atoms with Crippen molar-refractivity contribution in [3.63, 3.8) is 0 Å². The Balaban J connectivity index is 0.985. The van der Waals surface area contributed by atoms with Gasteiger partial charge in [0.05, 0.1) is 63.9 Å². The van der Waals surface area contributed by atoms with Crippen molar-refractivity contribution in [1.29, 1.82) is 0 Å². The van der Waals surface area contributed by atoms with Crippen LogP contribution >= 0.6 is 0 Å². The first-order valence-electron chi connectivity index (χ1n) is 26.4. The fourth-order valence-corrected chi connectivity index (χ4v) is 11.8. The Morgan fingerprint density at radius 1 is 0.658 bits per heavy atom. The van der Waals surface area contributed by atoms with Gasteiger partial charge in [-0.05, 0) is 100 Å². The Labute approximate surface area is 463 Å². The molecule has 0 radical (unpaired) electrons. The number of nitrogens with one attached hydrogen (secondary N) is 4. The third-order valence-electron chi connectivity index (χ3n) is 15.2. The Bertz CT molecular complexity index is 3350. The Morgan fingerprint density at radius 2 is 1.13 bits per heavy atom. The lowest BCUT2D eigenvalue weighted by Crippen LogP contribution is -2.51. The number of nitrogens with zero attached hydrogens (tertiary/aromatic N) is 6. The number of benzene rings is 3. The number of ether oxygens (including phenoxy) is 2. The first-order chi connectivity index (χ1) is 37.4. The SMILES string of the molecule is COC(=O)N[C@H](C(=O)N1CN(S(C)(=O)=O)C[C@H]1c1ncc(-c2ccc(/C(C)=C3/C=C\[C@H](C)CCc4ccc(cc4-c4ccc(-c5cnc([C@@H]6CN(S(C)(=O)=O)CN6C(=O)[C@@H](NC(=O)OC)C(C)C)[nH]5)cc4)CC3)cc2)[nH]1)C(C)C. The summed E-state index contributed by atoms with van der Waals surface area (Å²) >= 11 is 0. The van der Waals surface area contributed by atoms with Crippen molar-refractivity contribution < 1.29 is 45.5 Å². The highest BCUT2D eigenvalue weighted by atomic mass is 32.2. The molecule has 22 heteroatoms. The van der Waals surface area contributed by atoms with Crippen LogP contribution in [0.3, 0.4) is 0 Å². The highest BCUT2D eigenvalue weighted by Gasteiger charge is 2.45. The van der Waals surface area contributed by atoms with Crippen LogP contribution < -0.4 is 10.6 Å². The van der Waals surface area contributed by atoms with Gasteiger partial charge in [-0.2, -0.15) is 8.61 Å². The van der Waals surface area contributed by atoms with E-state index in [1.54, 1.807) is 40.1 Å². The number of hydrogen-bond acceptors (Lipinski definition) is 12. The van der Waals surface area contributed by atoms with E-state index in [0.717, 1.165) is 66.0 Å². The summed E-state index contributed by atoms with van der Waals surface area (Å²) in [5.74, 6) is -0.363. The lowest BCUT2D eigenvalue weighted by atomic mass is 9.88. The third-order valence-corrected chi connectivity index (χ3v) is 17.6. The van der Waals surface area contributed by atoms with Crippen molar-refractivity contribution in [2.75, 3.05) is 53.2 Å². The first-order valence-corrected chi connectivity index (χ1v) is 30.1.